The smallest absolute Gasteiger partial charge is 0.387 e. The highest BCUT2D eigenvalue weighted by atomic mass is 19.3. The Bertz CT molecular complexity index is 767. The van der Waals surface area contributed by atoms with Crippen LogP contribution in [0.1, 0.15) is 24.7 Å². The molecule has 1 atom stereocenters. The molecule has 1 amide bonds. The lowest BCUT2D eigenvalue weighted by Crippen LogP contribution is -2.41. The van der Waals surface area contributed by atoms with E-state index in [2.05, 4.69) is 15.2 Å². The summed E-state index contributed by atoms with van der Waals surface area (Å²) in [6.45, 7) is 1.12. The van der Waals surface area contributed by atoms with E-state index in [0.29, 0.717) is 24.5 Å². The number of benzene rings is 1. The molecule has 0 saturated carbocycles. The summed E-state index contributed by atoms with van der Waals surface area (Å²) in [6, 6.07) is 5.91. The van der Waals surface area contributed by atoms with Gasteiger partial charge in [-0.25, -0.2) is 0 Å². The zero-order valence-corrected chi connectivity index (χ0v) is 15.7. The standard InChI is InChI=1S/C18H23F2N3O4/c1-5-13(17(24)21-16-8-11(2)27-22-16)23(3)10-12-6-7-14(26-18(19)20)15(9-12)25-4/h6-9,13,18H,5,10H2,1-4H3,(H,21,22,24). The van der Waals surface area contributed by atoms with Crippen LogP contribution < -0.4 is 14.8 Å². The molecule has 2 aromatic rings. The van der Waals surface area contributed by atoms with Gasteiger partial charge in [-0.3, -0.25) is 9.69 Å². The van der Waals surface area contributed by atoms with E-state index in [1.807, 2.05) is 11.8 Å². The van der Waals surface area contributed by atoms with Crippen LogP contribution in [-0.4, -0.2) is 42.8 Å². The molecule has 0 radical (unpaired) electrons. The van der Waals surface area contributed by atoms with Gasteiger partial charge in [0, 0.05) is 12.6 Å². The Morgan fingerprint density at radius 3 is 2.63 bits per heavy atom. The van der Waals surface area contributed by atoms with Crippen molar-refractivity contribution in [3.05, 3.63) is 35.6 Å². The average Bonchev–Trinajstić information content (AvgIpc) is 3.01. The van der Waals surface area contributed by atoms with Gasteiger partial charge in [0.2, 0.25) is 5.91 Å². The van der Waals surface area contributed by atoms with Gasteiger partial charge >= 0.3 is 6.61 Å². The average molecular weight is 383 g/mol. The minimum atomic E-state index is -2.93. The molecule has 1 unspecified atom stereocenters. The minimum Gasteiger partial charge on any atom is -0.493 e. The van der Waals surface area contributed by atoms with E-state index in [9.17, 15) is 13.6 Å². The van der Waals surface area contributed by atoms with E-state index in [1.54, 1.807) is 32.2 Å². The van der Waals surface area contributed by atoms with Crippen molar-refractivity contribution in [1.29, 1.82) is 0 Å². The third kappa shape index (κ3) is 5.65. The second-order valence-electron chi connectivity index (χ2n) is 6.01. The van der Waals surface area contributed by atoms with Crippen molar-refractivity contribution in [2.75, 3.05) is 19.5 Å². The Kier molecular flexibility index (Phi) is 7.12. The second kappa shape index (κ2) is 9.31. The number of rotatable bonds is 9. The fraction of sp³-hybridized carbons (Fsp3) is 0.444. The number of nitrogens with one attached hydrogen (secondary N) is 1. The van der Waals surface area contributed by atoms with E-state index in [4.69, 9.17) is 9.26 Å². The van der Waals surface area contributed by atoms with Gasteiger partial charge in [-0.15, -0.1) is 0 Å². The largest absolute Gasteiger partial charge is 0.493 e. The first-order valence-corrected chi connectivity index (χ1v) is 8.40. The molecule has 1 N–H and O–H groups in total. The maximum Gasteiger partial charge on any atom is 0.387 e. The molecule has 7 nitrogen and oxygen atoms in total. The Balaban J connectivity index is 2.06. The molecule has 0 aliphatic rings. The molecule has 1 aromatic heterocycles. The summed E-state index contributed by atoms with van der Waals surface area (Å²) in [5, 5.41) is 6.47. The number of anilines is 1. The summed E-state index contributed by atoms with van der Waals surface area (Å²) in [4.78, 5) is 14.4. The van der Waals surface area contributed by atoms with Crippen LogP contribution in [0, 0.1) is 6.92 Å². The van der Waals surface area contributed by atoms with Crippen molar-refractivity contribution >= 4 is 11.7 Å². The minimum absolute atomic E-state index is 0.0370. The van der Waals surface area contributed by atoms with Crippen LogP contribution in [0.2, 0.25) is 0 Å². The summed E-state index contributed by atoms with van der Waals surface area (Å²) < 4.78 is 39.3. The molecule has 1 heterocycles. The number of likely N-dealkylation sites (N-methyl/N-ethyl adjacent to an activating group) is 1. The predicted molar refractivity (Wildman–Crippen MR) is 95.0 cm³/mol. The van der Waals surface area contributed by atoms with E-state index in [-0.39, 0.29) is 17.4 Å². The van der Waals surface area contributed by atoms with Crippen molar-refractivity contribution in [3.8, 4) is 11.5 Å². The lowest BCUT2D eigenvalue weighted by Gasteiger charge is -2.26. The number of hydrogen-bond donors (Lipinski definition) is 1. The fourth-order valence-corrected chi connectivity index (χ4v) is 2.73. The molecule has 0 aliphatic carbocycles. The van der Waals surface area contributed by atoms with Gasteiger partial charge in [0.15, 0.2) is 17.3 Å². The van der Waals surface area contributed by atoms with Crippen LogP contribution >= 0.6 is 0 Å². The number of halogens is 2. The number of nitrogens with zero attached hydrogens (tertiary/aromatic N) is 2. The molecule has 27 heavy (non-hydrogen) atoms. The molecule has 0 aliphatic heterocycles. The number of carbonyl (C=O) groups excluding carboxylic acids is 1. The quantitative estimate of drug-likeness (QED) is 0.715. The molecular formula is C18H23F2N3O4. The Morgan fingerprint density at radius 1 is 1.33 bits per heavy atom. The Hall–Kier alpha value is -2.68. The van der Waals surface area contributed by atoms with Crippen LogP contribution in [0.5, 0.6) is 11.5 Å². The summed E-state index contributed by atoms with van der Waals surface area (Å²) in [5.74, 6) is 0.921. The third-order valence-electron chi connectivity index (χ3n) is 3.98. The van der Waals surface area contributed by atoms with Crippen molar-refractivity contribution in [1.82, 2.24) is 10.1 Å². The molecule has 1 aromatic carbocycles. The number of methoxy groups -OCH3 is 1. The third-order valence-corrected chi connectivity index (χ3v) is 3.98. The maximum absolute atomic E-state index is 12.5. The number of carbonyl (C=O) groups is 1. The molecule has 148 valence electrons. The predicted octanol–water partition coefficient (Wildman–Crippen LogP) is 3.44. The highest BCUT2D eigenvalue weighted by Gasteiger charge is 2.23. The Morgan fingerprint density at radius 2 is 2.07 bits per heavy atom. The second-order valence-corrected chi connectivity index (χ2v) is 6.01. The molecule has 0 spiro atoms. The van der Waals surface area contributed by atoms with E-state index >= 15 is 0 Å². The van der Waals surface area contributed by atoms with Crippen molar-refractivity contribution in [2.24, 2.45) is 0 Å². The number of amides is 1. The maximum atomic E-state index is 12.5. The summed E-state index contributed by atoms with van der Waals surface area (Å²) in [7, 11) is 3.18. The highest BCUT2D eigenvalue weighted by molar-refractivity contribution is 5.93. The number of aromatic nitrogens is 1. The highest BCUT2D eigenvalue weighted by Crippen LogP contribution is 2.30. The topological polar surface area (TPSA) is 76.8 Å². The van der Waals surface area contributed by atoms with Crippen LogP contribution in [-0.2, 0) is 11.3 Å². The number of hydrogen-bond acceptors (Lipinski definition) is 6. The number of alkyl halides is 2. The molecule has 0 bridgehead atoms. The van der Waals surface area contributed by atoms with Gasteiger partial charge in [-0.05, 0) is 38.1 Å². The summed E-state index contributed by atoms with van der Waals surface area (Å²) >= 11 is 0. The van der Waals surface area contributed by atoms with Gasteiger partial charge < -0.3 is 19.3 Å². The zero-order chi connectivity index (χ0) is 20.0. The van der Waals surface area contributed by atoms with Crippen LogP contribution in [0.3, 0.4) is 0 Å². The molecular weight excluding hydrogens is 360 g/mol. The summed E-state index contributed by atoms with van der Waals surface area (Å²) in [6.07, 6.45) is 0.572. The van der Waals surface area contributed by atoms with Crippen LogP contribution in [0.15, 0.2) is 28.8 Å². The fourth-order valence-electron chi connectivity index (χ4n) is 2.73. The lowest BCUT2D eigenvalue weighted by molar-refractivity contribution is -0.121. The van der Waals surface area contributed by atoms with E-state index in [1.165, 1.54) is 13.2 Å². The lowest BCUT2D eigenvalue weighted by atomic mass is 10.1. The van der Waals surface area contributed by atoms with Crippen LogP contribution in [0.25, 0.3) is 0 Å². The van der Waals surface area contributed by atoms with Crippen molar-refractivity contribution < 1.29 is 27.6 Å². The van der Waals surface area contributed by atoms with Gasteiger partial charge in [-0.1, -0.05) is 18.1 Å². The molecule has 0 fully saturated rings. The zero-order valence-electron chi connectivity index (χ0n) is 15.7. The molecule has 2 rings (SSSR count). The van der Waals surface area contributed by atoms with E-state index < -0.39 is 12.7 Å². The molecule has 0 saturated heterocycles. The van der Waals surface area contributed by atoms with Crippen LogP contribution in [0.4, 0.5) is 14.6 Å². The Labute approximate surface area is 156 Å². The van der Waals surface area contributed by atoms with Gasteiger partial charge in [0.05, 0.1) is 13.2 Å². The normalized spacial score (nSPS) is 12.3. The monoisotopic (exact) mass is 383 g/mol. The van der Waals surface area contributed by atoms with Gasteiger partial charge in [-0.2, -0.15) is 8.78 Å². The molecule has 9 heteroatoms. The number of ether oxygens (including phenoxy) is 2. The summed E-state index contributed by atoms with van der Waals surface area (Å²) in [5.41, 5.74) is 0.791. The van der Waals surface area contributed by atoms with Crippen molar-refractivity contribution in [3.63, 3.8) is 0 Å². The van der Waals surface area contributed by atoms with E-state index in [0.717, 1.165) is 5.56 Å². The van der Waals surface area contributed by atoms with Gasteiger partial charge in [0.25, 0.3) is 0 Å². The SMILES string of the molecule is CCC(C(=O)Nc1cc(C)on1)N(C)Cc1ccc(OC(F)F)c(OC)c1. The van der Waals surface area contributed by atoms with Gasteiger partial charge in [0.1, 0.15) is 5.76 Å². The first-order valence-electron chi connectivity index (χ1n) is 8.40. The first-order chi connectivity index (χ1) is 12.8. The number of aryl methyl sites for hydroxylation is 1. The van der Waals surface area contributed by atoms with Crippen molar-refractivity contribution in [2.45, 2.75) is 39.5 Å². The first kappa shape index (κ1) is 20.6.